The molecule has 0 spiro atoms. The van der Waals surface area contributed by atoms with Crippen LogP contribution in [0.2, 0.25) is 10.1 Å². The van der Waals surface area contributed by atoms with Crippen molar-refractivity contribution in [1.82, 2.24) is 0 Å². The maximum atomic E-state index is 12.8. The number of aliphatic hydroxyl groups is 1. The number of allylic oxidation sites excluding steroid dienone is 5. The minimum atomic E-state index is -2.98. The van der Waals surface area contributed by atoms with E-state index in [-0.39, 0.29) is 16.0 Å². The third kappa shape index (κ3) is 11.9. The molecule has 5 rings (SSSR count). The van der Waals surface area contributed by atoms with Crippen LogP contribution in [0.5, 0.6) is 0 Å². The minimum absolute atomic E-state index is 0.248. The molecule has 1 aliphatic heterocycles. The van der Waals surface area contributed by atoms with Crippen molar-refractivity contribution >= 4 is 43.4 Å². The average molecular weight is 867 g/mol. The van der Waals surface area contributed by atoms with Crippen molar-refractivity contribution in [3.05, 3.63) is 182 Å². The van der Waals surface area contributed by atoms with Crippen molar-refractivity contribution in [1.29, 1.82) is 0 Å². The van der Waals surface area contributed by atoms with Crippen molar-refractivity contribution in [2.45, 2.75) is 122 Å². The molecule has 0 unspecified atom stereocenters. The zero-order chi connectivity index (χ0) is 44.6. The van der Waals surface area contributed by atoms with Crippen LogP contribution in [0.1, 0.15) is 87.5 Å². The Balaban J connectivity index is 1.46. The summed E-state index contributed by atoms with van der Waals surface area (Å²) in [6.07, 6.45) is 22.4. The lowest BCUT2D eigenvalue weighted by atomic mass is 9.95. The van der Waals surface area contributed by atoms with E-state index in [1.807, 2.05) is 36.4 Å². The maximum absolute atomic E-state index is 12.8. The van der Waals surface area contributed by atoms with E-state index >= 15 is 0 Å². The van der Waals surface area contributed by atoms with E-state index in [0.29, 0.717) is 6.42 Å². The summed E-state index contributed by atoms with van der Waals surface area (Å²) >= 11 is 0. The Bertz CT molecular complexity index is 2020. The van der Waals surface area contributed by atoms with Crippen LogP contribution < -0.4 is 20.7 Å². The summed E-state index contributed by atoms with van der Waals surface area (Å²) in [7, 11) is -5.95. The normalized spacial score (nSPS) is 18.2. The second kappa shape index (κ2) is 22.6. The lowest BCUT2D eigenvalue weighted by Gasteiger charge is -2.46. The molecule has 0 saturated carbocycles. The Morgan fingerprint density at radius 3 is 1.65 bits per heavy atom. The van der Waals surface area contributed by atoms with E-state index in [2.05, 4.69) is 195 Å². The van der Waals surface area contributed by atoms with Crippen molar-refractivity contribution in [3.8, 4) is 0 Å². The summed E-state index contributed by atoms with van der Waals surface area (Å²) in [6.45, 7) is 17.8. The van der Waals surface area contributed by atoms with Crippen molar-refractivity contribution in [2.24, 2.45) is 5.92 Å². The molecule has 0 bridgehead atoms. The largest absolute Gasteiger partial charge is 0.452 e. The Morgan fingerprint density at radius 1 is 0.677 bits per heavy atom. The average Bonchev–Trinajstić information content (AvgIpc) is 3.26. The zero-order valence-electron chi connectivity index (χ0n) is 38.3. The SMILES string of the molecule is CCCCC/C=C/C=C\C=C/[C@H](O[Si](c1ccccc1)(c1ccccc1)C(C)(C)C)[C@H](C)[C@@H](O)C/C=C/[C@@H]1OC(=O)C=C[C@@H]1O[Si](c1ccccc1)(c1ccccc1)C(C)(C)C. The molecule has 1 aliphatic rings. The molecule has 1 N–H and O–H groups in total. The van der Waals surface area contributed by atoms with Gasteiger partial charge in [-0.15, -0.1) is 0 Å². The van der Waals surface area contributed by atoms with Gasteiger partial charge in [-0.3, -0.25) is 0 Å². The molecule has 328 valence electrons. The summed E-state index contributed by atoms with van der Waals surface area (Å²) in [5, 5.41) is 16.2. The second-order valence-electron chi connectivity index (χ2n) is 18.5. The van der Waals surface area contributed by atoms with E-state index in [1.165, 1.54) is 35.7 Å². The summed E-state index contributed by atoms with van der Waals surface area (Å²) in [6, 6.07) is 42.2. The molecule has 7 heteroatoms. The fourth-order valence-electron chi connectivity index (χ4n) is 8.67. The first kappa shape index (κ1) is 48.4. The van der Waals surface area contributed by atoms with Gasteiger partial charge >= 0.3 is 5.97 Å². The van der Waals surface area contributed by atoms with Gasteiger partial charge in [0, 0.05) is 12.0 Å². The van der Waals surface area contributed by atoms with Gasteiger partial charge < -0.3 is 18.7 Å². The van der Waals surface area contributed by atoms with Crippen molar-refractivity contribution in [3.63, 3.8) is 0 Å². The molecule has 0 aromatic heterocycles. The Hall–Kier alpha value is -4.64. The molecule has 0 amide bonds. The van der Waals surface area contributed by atoms with Crippen molar-refractivity contribution in [2.75, 3.05) is 0 Å². The molecule has 1 heterocycles. The first-order valence-electron chi connectivity index (χ1n) is 22.6. The summed E-state index contributed by atoms with van der Waals surface area (Å²) in [4.78, 5) is 12.8. The summed E-state index contributed by atoms with van der Waals surface area (Å²) < 4.78 is 21.1. The van der Waals surface area contributed by atoms with Crippen LogP contribution in [0, 0.1) is 5.92 Å². The molecule has 62 heavy (non-hydrogen) atoms. The predicted octanol–water partition coefficient (Wildman–Crippen LogP) is 10.6. The van der Waals surface area contributed by atoms with E-state index in [9.17, 15) is 9.90 Å². The fourth-order valence-corrected chi connectivity index (χ4v) is 18.0. The van der Waals surface area contributed by atoms with Gasteiger partial charge in [-0.1, -0.05) is 232 Å². The molecule has 4 aromatic rings. The Morgan fingerprint density at radius 2 is 1.16 bits per heavy atom. The number of benzene rings is 4. The van der Waals surface area contributed by atoms with Crippen molar-refractivity contribution < 1.29 is 23.5 Å². The van der Waals surface area contributed by atoms with Crippen LogP contribution in [0.25, 0.3) is 0 Å². The number of rotatable bonds is 20. The summed E-state index contributed by atoms with van der Waals surface area (Å²) in [5.74, 6) is -0.711. The third-order valence-corrected chi connectivity index (χ3v) is 22.1. The van der Waals surface area contributed by atoms with Gasteiger partial charge in [0.1, 0.15) is 12.2 Å². The van der Waals surface area contributed by atoms with Gasteiger partial charge in [0.2, 0.25) is 0 Å². The highest BCUT2D eigenvalue weighted by molar-refractivity contribution is 7.00. The maximum Gasteiger partial charge on any atom is 0.331 e. The third-order valence-electron chi connectivity index (χ3n) is 12.0. The fraction of sp³-hybridized carbons (Fsp3) is 0.364. The quantitative estimate of drug-likeness (QED) is 0.0315. The zero-order valence-corrected chi connectivity index (χ0v) is 40.3. The molecule has 4 aromatic carbocycles. The van der Waals surface area contributed by atoms with E-state index in [0.717, 1.165) is 16.8 Å². The van der Waals surface area contributed by atoms with Crippen LogP contribution in [-0.2, 0) is 18.4 Å². The van der Waals surface area contributed by atoms with Crippen LogP contribution in [0.3, 0.4) is 0 Å². The molecule has 0 saturated heterocycles. The number of ether oxygens (including phenoxy) is 1. The second-order valence-corrected chi connectivity index (χ2v) is 27.0. The Kier molecular flexibility index (Phi) is 17.7. The molecule has 0 radical (unpaired) electrons. The smallest absolute Gasteiger partial charge is 0.331 e. The van der Waals surface area contributed by atoms with Gasteiger partial charge in [-0.25, -0.2) is 4.79 Å². The van der Waals surface area contributed by atoms with Gasteiger partial charge in [-0.05, 0) is 62.2 Å². The van der Waals surface area contributed by atoms with Gasteiger partial charge in [0.25, 0.3) is 16.6 Å². The van der Waals surface area contributed by atoms with Gasteiger partial charge in [-0.2, -0.15) is 0 Å². The Labute approximate surface area is 375 Å². The number of carbonyl (C=O) groups is 1. The monoisotopic (exact) mass is 866 g/mol. The number of cyclic esters (lactones) is 1. The standard InChI is InChI=1S/C55H70O5Si2/c1-9-10-11-12-13-14-15-16-29-40-50(59-61(54(3,4)5,45-31-21-17-22-32-45)46-33-23-18-24-34-46)44(2)49(56)39-30-41-51-52(42-43-53(57)58-51)60-62(55(6,7)8,47-35-25-19-26-36-47)48-37-27-20-28-38-48/h13-38,40-44,49-52,56H,9-12,39H2,1-8H3/b14-13+,16-15-,40-29-,41-30+/t44-,49+,50+,51+,52+/m1/s1. The van der Waals surface area contributed by atoms with Crippen LogP contribution in [0.4, 0.5) is 0 Å². The van der Waals surface area contributed by atoms with Gasteiger partial charge in [0.05, 0.1) is 12.2 Å². The minimum Gasteiger partial charge on any atom is -0.452 e. The highest BCUT2D eigenvalue weighted by Crippen LogP contribution is 2.40. The number of carbonyl (C=O) groups excluding carboxylic acids is 1. The molecule has 5 atom stereocenters. The number of aliphatic hydroxyl groups excluding tert-OH is 1. The molecular weight excluding hydrogens is 797 g/mol. The van der Waals surface area contributed by atoms with Crippen LogP contribution >= 0.6 is 0 Å². The van der Waals surface area contributed by atoms with Crippen LogP contribution in [-0.4, -0.2) is 52.1 Å². The van der Waals surface area contributed by atoms with Crippen LogP contribution in [0.15, 0.2) is 182 Å². The highest BCUT2D eigenvalue weighted by atomic mass is 28.4. The lowest BCUT2D eigenvalue weighted by Crippen LogP contribution is -2.68. The molecular formula is C55H70O5Si2. The molecule has 5 nitrogen and oxygen atoms in total. The predicted molar refractivity (Wildman–Crippen MR) is 264 cm³/mol. The van der Waals surface area contributed by atoms with E-state index in [1.54, 1.807) is 0 Å². The number of esters is 1. The highest BCUT2D eigenvalue weighted by Gasteiger charge is 2.53. The first-order chi connectivity index (χ1) is 29.7. The molecule has 0 aliphatic carbocycles. The molecule has 0 fully saturated rings. The van der Waals surface area contributed by atoms with E-state index in [4.69, 9.17) is 13.6 Å². The number of unbranched alkanes of at least 4 members (excludes halogenated alkanes) is 3. The first-order valence-corrected chi connectivity index (χ1v) is 26.4. The number of hydrogen-bond acceptors (Lipinski definition) is 5. The van der Waals surface area contributed by atoms with E-state index < -0.39 is 47.0 Å². The van der Waals surface area contributed by atoms with Gasteiger partial charge in [0.15, 0.2) is 0 Å². The summed E-state index contributed by atoms with van der Waals surface area (Å²) in [5.41, 5.74) is 0. The topological polar surface area (TPSA) is 65.0 Å². The number of hydrogen-bond donors (Lipinski definition) is 1. The lowest BCUT2D eigenvalue weighted by molar-refractivity contribution is -0.145.